The Morgan fingerprint density at radius 1 is 1.15 bits per heavy atom. The molecule has 1 aromatic carbocycles. The van der Waals surface area contributed by atoms with Crippen LogP contribution in [-0.4, -0.2) is 52.5 Å². The summed E-state index contributed by atoms with van der Waals surface area (Å²) in [6.07, 6.45) is 3.63. The summed E-state index contributed by atoms with van der Waals surface area (Å²) >= 11 is 0. The van der Waals surface area contributed by atoms with Crippen LogP contribution in [0.4, 0.5) is 0 Å². The van der Waals surface area contributed by atoms with Crippen molar-refractivity contribution in [1.29, 1.82) is 0 Å². The predicted octanol–water partition coefficient (Wildman–Crippen LogP) is 2.58. The van der Waals surface area contributed by atoms with Crippen LogP contribution in [0.15, 0.2) is 29.3 Å². The van der Waals surface area contributed by atoms with Crippen LogP contribution >= 0.6 is 0 Å². The van der Waals surface area contributed by atoms with E-state index < -0.39 is 0 Å². The van der Waals surface area contributed by atoms with E-state index in [2.05, 4.69) is 22.5 Å². The Hall–Kier alpha value is -1.79. The number of rotatable bonds is 13. The molecule has 0 heterocycles. The van der Waals surface area contributed by atoms with Gasteiger partial charge in [0.05, 0.1) is 20.3 Å². The molecule has 0 spiro atoms. The van der Waals surface area contributed by atoms with Crippen LogP contribution in [0.3, 0.4) is 0 Å². The molecule has 26 heavy (non-hydrogen) atoms. The average Bonchev–Trinajstić information content (AvgIpc) is 3.48. The maximum atomic E-state index is 5.73. The molecule has 6 nitrogen and oxygen atoms in total. The molecule has 0 bridgehead atoms. The molecule has 0 saturated heterocycles. The second kappa shape index (κ2) is 12.5. The number of para-hydroxylation sites is 1. The second-order valence-electron chi connectivity index (χ2n) is 6.42. The van der Waals surface area contributed by atoms with Gasteiger partial charge in [-0.25, -0.2) is 0 Å². The van der Waals surface area contributed by atoms with Gasteiger partial charge in [-0.2, -0.15) is 0 Å². The Labute approximate surface area is 157 Å². The highest BCUT2D eigenvalue weighted by Crippen LogP contribution is 2.28. The van der Waals surface area contributed by atoms with Crippen LogP contribution < -0.4 is 15.4 Å². The fraction of sp³-hybridized carbons (Fsp3) is 0.650. The summed E-state index contributed by atoms with van der Waals surface area (Å²) < 4.78 is 16.7. The Kier molecular flexibility index (Phi) is 9.90. The second-order valence-corrected chi connectivity index (χ2v) is 6.42. The van der Waals surface area contributed by atoms with Crippen LogP contribution in [0.25, 0.3) is 0 Å². The van der Waals surface area contributed by atoms with E-state index in [1.54, 1.807) is 7.11 Å². The first-order valence-corrected chi connectivity index (χ1v) is 9.63. The van der Waals surface area contributed by atoms with Gasteiger partial charge in [0.1, 0.15) is 5.75 Å². The van der Waals surface area contributed by atoms with E-state index in [4.69, 9.17) is 14.2 Å². The molecule has 1 saturated carbocycles. The van der Waals surface area contributed by atoms with Crippen LogP contribution in [0.1, 0.15) is 31.7 Å². The highest BCUT2D eigenvalue weighted by atomic mass is 16.5. The monoisotopic (exact) mass is 363 g/mol. The Morgan fingerprint density at radius 2 is 2.00 bits per heavy atom. The predicted molar refractivity (Wildman–Crippen MR) is 105 cm³/mol. The van der Waals surface area contributed by atoms with Crippen molar-refractivity contribution in [3.8, 4) is 5.75 Å². The minimum Gasteiger partial charge on any atom is -0.496 e. The molecule has 1 aliphatic rings. The molecule has 0 amide bonds. The molecule has 146 valence electrons. The number of nitrogens with one attached hydrogen (secondary N) is 2. The lowest BCUT2D eigenvalue weighted by Crippen LogP contribution is -2.39. The largest absolute Gasteiger partial charge is 0.496 e. The number of methoxy groups -OCH3 is 1. The molecule has 0 aromatic heterocycles. The third-order valence-corrected chi connectivity index (χ3v) is 4.10. The van der Waals surface area contributed by atoms with E-state index in [1.807, 2.05) is 24.3 Å². The van der Waals surface area contributed by atoms with E-state index in [0.29, 0.717) is 19.8 Å². The molecular formula is C20H33N3O3. The summed E-state index contributed by atoms with van der Waals surface area (Å²) in [5.41, 5.74) is 1.06. The smallest absolute Gasteiger partial charge is 0.191 e. The van der Waals surface area contributed by atoms with Crippen molar-refractivity contribution < 1.29 is 14.2 Å². The van der Waals surface area contributed by atoms with Crippen molar-refractivity contribution in [3.63, 3.8) is 0 Å². The zero-order valence-electron chi connectivity index (χ0n) is 16.1. The van der Waals surface area contributed by atoms with Crippen molar-refractivity contribution in [3.05, 3.63) is 29.8 Å². The molecule has 1 fully saturated rings. The quantitative estimate of drug-likeness (QED) is 0.320. The number of hydrogen-bond acceptors (Lipinski definition) is 4. The van der Waals surface area contributed by atoms with Gasteiger partial charge < -0.3 is 24.8 Å². The molecule has 2 rings (SSSR count). The van der Waals surface area contributed by atoms with Crippen LogP contribution in [0.2, 0.25) is 0 Å². The number of aliphatic imine (C=N–C) groups is 1. The van der Waals surface area contributed by atoms with Gasteiger partial charge >= 0.3 is 0 Å². The van der Waals surface area contributed by atoms with Crippen LogP contribution in [0, 0.1) is 5.92 Å². The van der Waals surface area contributed by atoms with Gasteiger partial charge in [0.25, 0.3) is 0 Å². The number of guanidine groups is 1. The van der Waals surface area contributed by atoms with E-state index in [0.717, 1.165) is 55.9 Å². The SMILES string of the molecule is CCNC(=NCCCOCC1CC1)NCCOCc1ccccc1OC. The van der Waals surface area contributed by atoms with Gasteiger partial charge in [-0.15, -0.1) is 0 Å². The molecule has 1 aliphatic carbocycles. The van der Waals surface area contributed by atoms with E-state index in [1.165, 1.54) is 12.8 Å². The third kappa shape index (κ3) is 8.54. The molecule has 6 heteroatoms. The first-order chi connectivity index (χ1) is 12.8. The lowest BCUT2D eigenvalue weighted by atomic mass is 10.2. The van der Waals surface area contributed by atoms with Crippen molar-refractivity contribution in [1.82, 2.24) is 10.6 Å². The third-order valence-electron chi connectivity index (χ3n) is 4.10. The fourth-order valence-corrected chi connectivity index (χ4v) is 2.48. The van der Waals surface area contributed by atoms with Gasteiger partial charge in [0, 0.05) is 38.4 Å². The first-order valence-electron chi connectivity index (χ1n) is 9.63. The summed E-state index contributed by atoms with van der Waals surface area (Å²) in [5.74, 6) is 2.52. The average molecular weight is 364 g/mol. The van der Waals surface area contributed by atoms with Crippen molar-refractivity contribution in [2.45, 2.75) is 32.8 Å². The number of ether oxygens (including phenoxy) is 3. The van der Waals surface area contributed by atoms with E-state index in [-0.39, 0.29) is 0 Å². The maximum Gasteiger partial charge on any atom is 0.191 e. The van der Waals surface area contributed by atoms with E-state index in [9.17, 15) is 0 Å². The lowest BCUT2D eigenvalue weighted by molar-refractivity contribution is 0.123. The maximum absolute atomic E-state index is 5.73. The van der Waals surface area contributed by atoms with Gasteiger partial charge in [0.2, 0.25) is 0 Å². The number of benzene rings is 1. The topological polar surface area (TPSA) is 64.1 Å². The van der Waals surface area contributed by atoms with Crippen LogP contribution in [0.5, 0.6) is 5.75 Å². The molecule has 2 N–H and O–H groups in total. The van der Waals surface area contributed by atoms with Gasteiger partial charge in [-0.3, -0.25) is 4.99 Å². The van der Waals surface area contributed by atoms with Crippen LogP contribution in [-0.2, 0) is 16.1 Å². The Bertz CT molecular complexity index is 533. The summed E-state index contributed by atoms with van der Waals surface area (Å²) in [6, 6.07) is 7.91. The van der Waals surface area contributed by atoms with Crippen molar-refractivity contribution in [2.75, 3.05) is 46.6 Å². The van der Waals surface area contributed by atoms with Gasteiger partial charge in [0.15, 0.2) is 5.96 Å². The lowest BCUT2D eigenvalue weighted by Gasteiger charge is -2.12. The summed E-state index contributed by atoms with van der Waals surface area (Å²) in [5, 5.41) is 6.55. The molecule has 0 unspecified atom stereocenters. The molecular weight excluding hydrogens is 330 g/mol. The molecule has 0 radical (unpaired) electrons. The summed E-state index contributed by atoms with van der Waals surface area (Å²) in [7, 11) is 1.68. The minimum absolute atomic E-state index is 0.539. The highest BCUT2D eigenvalue weighted by molar-refractivity contribution is 5.79. The normalized spacial score (nSPS) is 14.3. The standard InChI is InChI=1S/C20H33N3O3/c1-3-21-20(22-11-6-13-25-15-17-9-10-17)23-12-14-26-16-18-7-4-5-8-19(18)24-2/h4-5,7-8,17H,3,6,9-16H2,1-2H3,(H2,21,22,23). The number of hydrogen-bond donors (Lipinski definition) is 2. The van der Waals surface area contributed by atoms with Gasteiger partial charge in [-0.05, 0) is 38.2 Å². The van der Waals surface area contributed by atoms with Crippen molar-refractivity contribution >= 4 is 5.96 Å². The zero-order valence-corrected chi connectivity index (χ0v) is 16.1. The van der Waals surface area contributed by atoms with E-state index >= 15 is 0 Å². The highest BCUT2D eigenvalue weighted by Gasteiger charge is 2.20. The Balaban J connectivity index is 1.56. The minimum atomic E-state index is 0.539. The zero-order chi connectivity index (χ0) is 18.5. The molecule has 1 aromatic rings. The Morgan fingerprint density at radius 3 is 2.77 bits per heavy atom. The fourth-order valence-electron chi connectivity index (χ4n) is 2.48. The first kappa shape index (κ1) is 20.5. The van der Waals surface area contributed by atoms with Crippen molar-refractivity contribution in [2.24, 2.45) is 10.9 Å². The summed E-state index contributed by atoms with van der Waals surface area (Å²) in [6.45, 7) is 7.24. The molecule has 0 atom stereocenters. The van der Waals surface area contributed by atoms with Gasteiger partial charge in [-0.1, -0.05) is 18.2 Å². The molecule has 0 aliphatic heterocycles. The summed E-state index contributed by atoms with van der Waals surface area (Å²) in [4.78, 5) is 4.57. The number of nitrogens with zero attached hydrogens (tertiary/aromatic N) is 1.